The van der Waals surface area contributed by atoms with E-state index in [1.54, 1.807) is 0 Å². The van der Waals surface area contributed by atoms with Crippen molar-refractivity contribution in [3.8, 4) is 0 Å². The maximum atomic E-state index is 12.1. The first kappa shape index (κ1) is 13.5. The highest BCUT2D eigenvalue weighted by molar-refractivity contribution is 5.78. The zero-order valence-electron chi connectivity index (χ0n) is 10.9. The van der Waals surface area contributed by atoms with Crippen molar-refractivity contribution in [1.82, 2.24) is 4.90 Å². The average molecular weight is 226 g/mol. The predicted molar refractivity (Wildman–Crippen MR) is 67.0 cm³/mol. The lowest BCUT2D eigenvalue weighted by atomic mass is 9.91. The fourth-order valence-electron chi connectivity index (χ4n) is 2.51. The first-order valence-corrected chi connectivity index (χ1v) is 6.60. The summed E-state index contributed by atoms with van der Waals surface area (Å²) in [6.07, 6.45) is 4.36. The van der Waals surface area contributed by atoms with E-state index >= 15 is 0 Å². The van der Waals surface area contributed by atoms with Crippen LogP contribution < -0.4 is 5.73 Å². The molecule has 0 aromatic carbocycles. The van der Waals surface area contributed by atoms with Gasteiger partial charge in [0.25, 0.3) is 0 Å². The van der Waals surface area contributed by atoms with E-state index in [0.29, 0.717) is 11.8 Å². The number of nitrogens with two attached hydrogens (primary N) is 1. The minimum absolute atomic E-state index is 0.178. The Kier molecular flexibility index (Phi) is 5.26. The molecule has 0 aromatic rings. The van der Waals surface area contributed by atoms with E-state index in [4.69, 9.17) is 5.73 Å². The van der Waals surface area contributed by atoms with Gasteiger partial charge in [-0.2, -0.15) is 0 Å². The van der Waals surface area contributed by atoms with Gasteiger partial charge in [0.2, 0.25) is 5.91 Å². The number of hydrogen-bond donors (Lipinski definition) is 1. The van der Waals surface area contributed by atoms with Crippen molar-refractivity contribution in [3.05, 3.63) is 0 Å². The molecular formula is C13H26N2O. The lowest BCUT2D eigenvalue weighted by molar-refractivity contribution is -0.137. The maximum absolute atomic E-state index is 12.1. The van der Waals surface area contributed by atoms with E-state index in [9.17, 15) is 4.79 Å². The number of likely N-dealkylation sites (tertiary alicyclic amines) is 1. The lowest BCUT2D eigenvalue weighted by Gasteiger charge is -2.36. The molecule has 0 spiro atoms. The van der Waals surface area contributed by atoms with Crippen LogP contribution in [-0.2, 0) is 4.79 Å². The number of carbonyl (C=O) groups is 1. The molecule has 1 heterocycles. The van der Waals surface area contributed by atoms with Gasteiger partial charge in [-0.15, -0.1) is 0 Å². The topological polar surface area (TPSA) is 46.3 Å². The normalized spacial score (nSPS) is 25.2. The summed E-state index contributed by atoms with van der Waals surface area (Å²) < 4.78 is 0. The third-order valence-electron chi connectivity index (χ3n) is 3.66. The molecule has 1 fully saturated rings. The zero-order chi connectivity index (χ0) is 12.1. The zero-order valence-corrected chi connectivity index (χ0v) is 10.9. The van der Waals surface area contributed by atoms with Gasteiger partial charge in [0.05, 0.1) is 0 Å². The van der Waals surface area contributed by atoms with Crippen LogP contribution >= 0.6 is 0 Å². The lowest BCUT2D eigenvalue weighted by Crippen LogP contribution is -2.46. The summed E-state index contributed by atoms with van der Waals surface area (Å²) in [4.78, 5) is 14.2. The minimum atomic E-state index is 0.178. The van der Waals surface area contributed by atoms with Gasteiger partial charge in [-0.1, -0.05) is 20.3 Å². The molecule has 3 heteroatoms. The first-order valence-electron chi connectivity index (χ1n) is 6.60. The second kappa shape index (κ2) is 6.24. The number of piperidine rings is 1. The van der Waals surface area contributed by atoms with Crippen LogP contribution in [0.1, 0.15) is 46.5 Å². The molecule has 3 unspecified atom stereocenters. The number of amides is 1. The summed E-state index contributed by atoms with van der Waals surface area (Å²) in [5, 5.41) is 0. The Labute approximate surface area is 99.4 Å². The molecule has 0 aliphatic carbocycles. The van der Waals surface area contributed by atoms with E-state index in [2.05, 4.69) is 6.92 Å². The van der Waals surface area contributed by atoms with Gasteiger partial charge in [-0.05, 0) is 32.1 Å². The van der Waals surface area contributed by atoms with Crippen molar-refractivity contribution in [1.29, 1.82) is 0 Å². The molecule has 0 aromatic heterocycles. The molecule has 0 saturated carbocycles. The predicted octanol–water partition coefficient (Wildman–Crippen LogP) is 2.01. The highest BCUT2D eigenvalue weighted by atomic mass is 16.2. The molecule has 2 N–H and O–H groups in total. The van der Waals surface area contributed by atoms with Gasteiger partial charge < -0.3 is 10.6 Å². The van der Waals surface area contributed by atoms with Gasteiger partial charge >= 0.3 is 0 Å². The first-order chi connectivity index (χ1) is 7.56. The fraction of sp³-hybridized carbons (Fsp3) is 0.923. The largest absolute Gasteiger partial charge is 0.342 e. The van der Waals surface area contributed by atoms with E-state index in [1.807, 2.05) is 18.7 Å². The fourth-order valence-corrected chi connectivity index (χ4v) is 2.51. The summed E-state index contributed by atoms with van der Waals surface area (Å²) in [7, 11) is 0. The van der Waals surface area contributed by atoms with Crippen LogP contribution in [0.3, 0.4) is 0 Å². The van der Waals surface area contributed by atoms with Crippen molar-refractivity contribution in [2.45, 2.75) is 52.5 Å². The van der Waals surface area contributed by atoms with Gasteiger partial charge in [0.15, 0.2) is 0 Å². The van der Waals surface area contributed by atoms with Crippen molar-refractivity contribution in [2.24, 2.45) is 17.6 Å². The van der Waals surface area contributed by atoms with E-state index in [-0.39, 0.29) is 12.0 Å². The monoisotopic (exact) mass is 226 g/mol. The van der Waals surface area contributed by atoms with Crippen molar-refractivity contribution < 1.29 is 4.79 Å². The Bertz CT molecular complexity index is 228. The maximum Gasteiger partial charge on any atom is 0.225 e. The Morgan fingerprint density at radius 2 is 2.19 bits per heavy atom. The van der Waals surface area contributed by atoms with Crippen LogP contribution in [-0.4, -0.2) is 29.9 Å². The molecule has 1 aliphatic heterocycles. The second-order valence-electron chi connectivity index (χ2n) is 5.24. The van der Waals surface area contributed by atoms with Gasteiger partial charge in [0, 0.05) is 25.0 Å². The molecule has 16 heavy (non-hydrogen) atoms. The average Bonchev–Trinajstić information content (AvgIpc) is 2.28. The quantitative estimate of drug-likeness (QED) is 0.797. The van der Waals surface area contributed by atoms with Crippen molar-refractivity contribution in [2.75, 3.05) is 13.1 Å². The number of rotatable bonds is 4. The van der Waals surface area contributed by atoms with Crippen LogP contribution in [0.4, 0.5) is 0 Å². The Morgan fingerprint density at radius 3 is 2.75 bits per heavy atom. The molecule has 1 rings (SSSR count). The Balaban J connectivity index is 2.49. The highest BCUT2D eigenvalue weighted by Gasteiger charge is 2.27. The minimum Gasteiger partial charge on any atom is -0.342 e. The standard InChI is InChI=1S/C13H26N2O/c1-4-6-10(2)13(16)15-8-5-7-12(9-15)11(3)14/h10-12H,4-9,14H2,1-3H3. The molecule has 1 aliphatic rings. The third-order valence-corrected chi connectivity index (χ3v) is 3.66. The highest BCUT2D eigenvalue weighted by Crippen LogP contribution is 2.21. The summed E-state index contributed by atoms with van der Waals surface area (Å²) in [5.41, 5.74) is 5.93. The van der Waals surface area contributed by atoms with Crippen molar-refractivity contribution >= 4 is 5.91 Å². The number of hydrogen-bond acceptors (Lipinski definition) is 2. The number of nitrogens with zero attached hydrogens (tertiary/aromatic N) is 1. The molecule has 3 atom stereocenters. The van der Waals surface area contributed by atoms with Crippen LogP contribution in [0.5, 0.6) is 0 Å². The Hall–Kier alpha value is -0.570. The van der Waals surface area contributed by atoms with Gasteiger partial charge in [0.1, 0.15) is 0 Å². The van der Waals surface area contributed by atoms with Crippen LogP contribution in [0.15, 0.2) is 0 Å². The smallest absolute Gasteiger partial charge is 0.225 e. The SMILES string of the molecule is CCCC(C)C(=O)N1CCCC(C(C)N)C1. The number of carbonyl (C=O) groups excluding carboxylic acids is 1. The van der Waals surface area contributed by atoms with Crippen LogP contribution in [0, 0.1) is 11.8 Å². The molecular weight excluding hydrogens is 200 g/mol. The van der Waals surface area contributed by atoms with E-state index < -0.39 is 0 Å². The summed E-state index contributed by atoms with van der Waals surface area (Å²) in [5.74, 6) is 0.996. The molecule has 0 bridgehead atoms. The molecule has 94 valence electrons. The van der Waals surface area contributed by atoms with Gasteiger partial charge in [-0.3, -0.25) is 4.79 Å². The summed E-state index contributed by atoms with van der Waals surface area (Å²) in [6.45, 7) is 8.01. The molecule has 1 amide bonds. The molecule has 1 saturated heterocycles. The van der Waals surface area contributed by atoms with Gasteiger partial charge in [-0.25, -0.2) is 0 Å². The van der Waals surface area contributed by atoms with Crippen LogP contribution in [0.25, 0.3) is 0 Å². The van der Waals surface area contributed by atoms with E-state index in [1.165, 1.54) is 6.42 Å². The summed E-state index contributed by atoms with van der Waals surface area (Å²) in [6, 6.07) is 0.206. The Morgan fingerprint density at radius 1 is 1.50 bits per heavy atom. The summed E-state index contributed by atoms with van der Waals surface area (Å²) >= 11 is 0. The van der Waals surface area contributed by atoms with Crippen molar-refractivity contribution in [3.63, 3.8) is 0 Å². The molecule has 0 radical (unpaired) electrons. The second-order valence-corrected chi connectivity index (χ2v) is 5.24. The molecule has 3 nitrogen and oxygen atoms in total. The van der Waals surface area contributed by atoms with E-state index in [0.717, 1.165) is 32.4 Å². The third kappa shape index (κ3) is 3.48. The van der Waals surface area contributed by atoms with Crippen LogP contribution in [0.2, 0.25) is 0 Å².